The van der Waals surface area contributed by atoms with Gasteiger partial charge in [-0.2, -0.15) is 0 Å². The Bertz CT molecular complexity index is 927. The van der Waals surface area contributed by atoms with Crippen LogP contribution in [0.1, 0.15) is 38.7 Å². The van der Waals surface area contributed by atoms with Gasteiger partial charge in [0.1, 0.15) is 23.5 Å². The van der Waals surface area contributed by atoms with E-state index >= 15 is 0 Å². The summed E-state index contributed by atoms with van der Waals surface area (Å²) >= 11 is 0. The first kappa shape index (κ1) is 21.1. The van der Waals surface area contributed by atoms with Crippen LogP contribution in [0.2, 0.25) is 0 Å². The highest BCUT2D eigenvalue weighted by Gasteiger charge is 2.51. The third-order valence-corrected chi connectivity index (χ3v) is 6.22. The predicted octanol–water partition coefficient (Wildman–Crippen LogP) is 2.72. The van der Waals surface area contributed by atoms with E-state index in [0.717, 1.165) is 44.0 Å². The van der Waals surface area contributed by atoms with Crippen LogP contribution in [0.15, 0.2) is 42.7 Å². The molecule has 3 N–H and O–H groups in total. The number of hydrogen-bond acceptors (Lipinski definition) is 6. The number of carbonyl (C=O) groups excluding carboxylic acids is 2. The second-order valence-corrected chi connectivity index (χ2v) is 8.69. The van der Waals surface area contributed by atoms with Gasteiger partial charge in [0, 0.05) is 25.2 Å². The minimum Gasteiger partial charge on any atom is -0.368 e. The van der Waals surface area contributed by atoms with Crippen LogP contribution in [0.25, 0.3) is 0 Å². The number of imide groups is 1. The van der Waals surface area contributed by atoms with Crippen molar-refractivity contribution in [2.45, 2.75) is 51.1 Å². The highest BCUT2D eigenvalue weighted by atomic mass is 16.2. The average molecular weight is 423 g/mol. The monoisotopic (exact) mass is 422 g/mol. The molecule has 0 aliphatic carbocycles. The summed E-state index contributed by atoms with van der Waals surface area (Å²) in [6.07, 6.45) is 4.52. The van der Waals surface area contributed by atoms with E-state index in [4.69, 9.17) is 0 Å². The summed E-state index contributed by atoms with van der Waals surface area (Å²) in [6, 6.07) is 12.0. The molecule has 1 atom stereocenters. The van der Waals surface area contributed by atoms with E-state index in [1.165, 1.54) is 5.56 Å². The summed E-state index contributed by atoms with van der Waals surface area (Å²) in [5.74, 6) is 1.57. The van der Waals surface area contributed by atoms with Gasteiger partial charge < -0.3 is 15.5 Å². The zero-order valence-electron chi connectivity index (χ0n) is 18.1. The van der Waals surface area contributed by atoms with Crippen LogP contribution in [0.4, 0.5) is 16.4 Å². The maximum absolute atomic E-state index is 12.9. The van der Waals surface area contributed by atoms with Crippen molar-refractivity contribution >= 4 is 23.6 Å². The number of nitrogens with zero attached hydrogens (tertiary/aromatic N) is 3. The molecule has 1 aromatic carbocycles. The van der Waals surface area contributed by atoms with Crippen LogP contribution in [0.3, 0.4) is 0 Å². The minimum atomic E-state index is -0.852. The number of amides is 3. The highest BCUT2D eigenvalue weighted by molar-refractivity contribution is 6.07. The predicted molar refractivity (Wildman–Crippen MR) is 120 cm³/mol. The molecule has 31 heavy (non-hydrogen) atoms. The van der Waals surface area contributed by atoms with Gasteiger partial charge in [-0.3, -0.25) is 10.1 Å². The van der Waals surface area contributed by atoms with Gasteiger partial charge in [-0.1, -0.05) is 30.3 Å². The van der Waals surface area contributed by atoms with E-state index in [-0.39, 0.29) is 17.9 Å². The third kappa shape index (κ3) is 4.62. The first-order valence-electron chi connectivity index (χ1n) is 11.0. The molecule has 164 valence electrons. The lowest BCUT2D eigenvalue weighted by Gasteiger charge is -2.41. The SMILES string of the molecule is CC(C)Nc1cc(N2CCC([C@]3(CCc4ccccc4)NC(=O)NC3=O)CC2)ncn1. The second-order valence-electron chi connectivity index (χ2n) is 8.69. The topological polar surface area (TPSA) is 99.2 Å². The zero-order chi connectivity index (χ0) is 21.8. The number of rotatable bonds is 7. The molecule has 1 aromatic heterocycles. The lowest BCUT2D eigenvalue weighted by atomic mass is 9.74. The Morgan fingerprint density at radius 3 is 2.55 bits per heavy atom. The van der Waals surface area contributed by atoms with Crippen molar-refractivity contribution in [1.82, 2.24) is 20.6 Å². The summed E-state index contributed by atoms with van der Waals surface area (Å²) < 4.78 is 0. The number of hydrogen-bond donors (Lipinski definition) is 3. The molecule has 0 radical (unpaired) electrons. The van der Waals surface area contributed by atoms with Crippen molar-refractivity contribution in [2.24, 2.45) is 5.92 Å². The van der Waals surface area contributed by atoms with Crippen LogP contribution >= 0.6 is 0 Å². The molecule has 3 heterocycles. The molecule has 0 bridgehead atoms. The van der Waals surface area contributed by atoms with Crippen LogP contribution in [-0.4, -0.2) is 46.6 Å². The summed E-state index contributed by atoms with van der Waals surface area (Å²) in [6.45, 7) is 5.70. The number of anilines is 2. The molecule has 2 aromatic rings. The number of nitrogens with one attached hydrogen (secondary N) is 3. The molecule has 3 amide bonds. The summed E-state index contributed by atoms with van der Waals surface area (Å²) in [4.78, 5) is 35.9. The molecule has 0 unspecified atom stereocenters. The Balaban J connectivity index is 1.45. The largest absolute Gasteiger partial charge is 0.368 e. The molecule has 0 spiro atoms. The molecule has 2 aliphatic rings. The first-order valence-corrected chi connectivity index (χ1v) is 11.0. The smallest absolute Gasteiger partial charge is 0.322 e. The number of urea groups is 1. The van der Waals surface area contributed by atoms with E-state index in [0.29, 0.717) is 12.5 Å². The van der Waals surface area contributed by atoms with Crippen LogP contribution in [-0.2, 0) is 11.2 Å². The minimum absolute atomic E-state index is 0.0778. The van der Waals surface area contributed by atoms with Gasteiger partial charge in [0.25, 0.3) is 5.91 Å². The summed E-state index contributed by atoms with van der Waals surface area (Å²) in [5.41, 5.74) is 0.314. The maximum Gasteiger partial charge on any atom is 0.322 e. The van der Waals surface area contributed by atoms with Crippen molar-refractivity contribution in [3.05, 3.63) is 48.3 Å². The number of piperidine rings is 1. The van der Waals surface area contributed by atoms with Crippen molar-refractivity contribution in [1.29, 1.82) is 0 Å². The fourth-order valence-electron chi connectivity index (χ4n) is 4.66. The van der Waals surface area contributed by atoms with Gasteiger partial charge in [-0.25, -0.2) is 14.8 Å². The highest BCUT2D eigenvalue weighted by Crippen LogP contribution is 2.35. The average Bonchev–Trinajstić information content (AvgIpc) is 3.07. The van der Waals surface area contributed by atoms with Crippen molar-refractivity contribution in [3.63, 3.8) is 0 Å². The van der Waals surface area contributed by atoms with Gasteiger partial charge in [0.05, 0.1) is 0 Å². The number of carbonyl (C=O) groups is 2. The van der Waals surface area contributed by atoms with E-state index in [1.807, 2.05) is 24.3 Å². The molecular weight excluding hydrogens is 392 g/mol. The quantitative estimate of drug-likeness (QED) is 0.594. The van der Waals surface area contributed by atoms with Crippen molar-refractivity contribution in [2.75, 3.05) is 23.3 Å². The van der Waals surface area contributed by atoms with Crippen LogP contribution < -0.4 is 20.9 Å². The number of aromatic nitrogens is 2. The molecular formula is C23H30N6O2. The van der Waals surface area contributed by atoms with E-state index in [2.05, 4.69) is 56.8 Å². The molecule has 0 saturated carbocycles. The van der Waals surface area contributed by atoms with Crippen LogP contribution in [0, 0.1) is 5.92 Å². The standard InChI is InChI=1S/C23H30N6O2/c1-16(2)26-19-14-20(25-15-24-19)29-12-9-18(10-13-29)23(21(30)27-22(31)28-23)11-8-17-6-4-3-5-7-17/h3-7,14-16,18H,8-13H2,1-2H3,(H,24,25,26)(H2,27,28,30,31)/t23-/m0/s1. The zero-order valence-corrected chi connectivity index (χ0v) is 18.1. The van der Waals surface area contributed by atoms with Gasteiger partial charge in [0.2, 0.25) is 0 Å². The van der Waals surface area contributed by atoms with Crippen molar-refractivity contribution < 1.29 is 9.59 Å². The second kappa shape index (κ2) is 8.91. The Hall–Kier alpha value is -3.16. The third-order valence-electron chi connectivity index (χ3n) is 6.22. The molecule has 8 nitrogen and oxygen atoms in total. The van der Waals surface area contributed by atoms with Gasteiger partial charge in [-0.15, -0.1) is 0 Å². The first-order chi connectivity index (χ1) is 15.0. The lowest BCUT2D eigenvalue weighted by molar-refractivity contribution is -0.126. The summed E-state index contributed by atoms with van der Waals surface area (Å²) in [7, 11) is 0. The van der Waals surface area contributed by atoms with E-state index in [9.17, 15) is 9.59 Å². The Labute approximate surface area is 182 Å². The summed E-state index contributed by atoms with van der Waals surface area (Å²) in [5, 5.41) is 8.78. The lowest BCUT2D eigenvalue weighted by Crippen LogP contribution is -2.56. The Morgan fingerprint density at radius 1 is 1.16 bits per heavy atom. The number of benzene rings is 1. The van der Waals surface area contributed by atoms with Gasteiger partial charge >= 0.3 is 6.03 Å². The van der Waals surface area contributed by atoms with Crippen LogP contribution in [0.5, 0.6) is 0 Å². The van der Waals surface area contributed by atoms with Gasteiger partial charge in [-0.05, 0) is 51.0 Å². The molecule has 2 fully saturated rings. The maximum atomic E-state index is 12.9. The fourth-order valence-corrected chi connectivity index (χ4v) is 4.66. The van der Waals surface area contributed by atoms with E-state index < -0.39 is 5.54 Å². The fraction of sp³-hybridized carbons (Fsp3) is 0.478. The molecule has 2 aliphatic heterocycles. The molecule has 4 rings (SSSR count). The Morgan fingerprint density at radius 2 is 1.90 bits per heavy atom. The molecule has 8 heteroatoms. The normalized spacial score (nSPS) is 21.8. The van der Waals surface area contributed by atoms with Crippen molar-refractivity contribution in [3.8, 4) is 0 Å². The Kier molecular flexibility index (Phi) is 6.06. The number of aryl methyl sites for hydroxylation is 1. The van der Waals surface area contributed by atoms with E-state index in [1.54, 1.807) is 6.33 Å². The van der Waals surface area contributed by atoms with Gasteiger partial charge in [0.15, 0.2) is 0 Å². The molecule has 2 saturated heterocycles.